The van der Waals surface area contributed by atoms with Gasteiger partial charge in [0.25, 0.3) is 0 Å². The molecule has 1 aliphatic carbocycles. The van der Waals surface area contributed by atoms with Gasteiger partial charge in [0.2, 0.25) is 5.44 Å². The zero-order valence-electron chi connectivity index (χ0n) is 23.0. The number of H-pyrrole nitrogens is 1. The number of carboxylic acids is 1. The summed E-state index contributed by atoms with van der Waals surface area (Å²) in [7, 11) is -3.61. The van der Waals surface area contributed by atoms with Crippen molar-refractivity contribution in [3.8, 4) is 5.75 Å². The number of ether oxygens (including phenoxy) is 1. The molecule has 3 aromatic heterocycles. The fourth-order valence-corrected chi connectivity index (χ4v) is 8.74. The summed E-state index contributed by atoms with van der Waals surface area (Å²) < 4.78 is 33.9. The van der Waals surface area contributed by atoms with Gasteiger partial charge in [-0.05, 0) is 88.2 Å². The predicted molar refractivity (Wildman–Crippen MR) is 156 cm³/mol. The Morgan fingerprint density at radius 1 is 1.10 bits per heavy atom. The van der Waals surface area contributed by atoms with E-state index in [0.717, 1.165) is 72.7 Å². The number of aromatic amines is 1. The van der Waals surface area contributed by atoms with E-state index in [1.165, 1.54) is 12.1 Å². The van der Waals surface area contributed by atoms with Crippen LogP contribution in [0.1, 0.15) is 66.3 Å². The topological polar surface area (TPSA) is 147 Å². The van der Waals surface area contributed by atoms with E-state index in [1.807, 2.05) is 19.2 Å². The van der Waals surface area contributed by atoms with Crippen LogP contribution in [-0.4, -0.2) is 63.7 Å². The van der Waals surface area contributed by atoms with Crippen molar-refractivity contribution in [3.05, 3.63) is 59.8 Å². The quantitative estimate of drug-likeness (QED) is 0.273. The number of pyridine rings is 1. The molecule has 1 saturated heterocycles. The van der Waals surface area contributed by atoms with Crippen LogP contribution in [0.3, 0.4) is 0 Å². The third-order valence-corrected chi connectivity index (χ3v) is 10.6. The number of carbonyl (C=O) groups is 1. The minimum absolute atomic E-state index is 0.0384. The first kappa shape index (κ1) is 27.6. The maximum absolute atomic E-state index is 13.9. The molecular formula is C30H35N5O5S. The standard InChI is InChI=1S/C30H35N5O5S/c1-18-34-25-16-33-28-24(12-14-32-28)26(25)27(35-18)20-6-4-19(5-7-20)17-41(38,39)30(22-3-2-13-31-15-22)40-23-10-8-21(9-11-23)29(36)37/h8-12,14,16,19-20,22,30-31H,2-7,13,15,17H2,1H3,(H,32,33)(H,36,37). The summed E-state index contributed by atoms with van der Waals surface area (Å²) >= 11 is 0. The van der Waals surface area contributed by atoms with Gasteiger partial charge in [-0.1, -0.05) is 0 Å². The van der Waals surface area contributed by atoms with Crippen LogP contribution in [0.25, 0.3) is 21.9 Å². The van der Waals surface area contributed by atoms with E-state index in [4.69, 9.17) is 9.72 Å². The summed E-state index contributed by atoms with van der Waals surface area (Å²) in [5.41, 5.74) is 1.83. The highest BCUT2D eigenvalue weighted by Gasteiger charge is 2.39. The summed E-state index contributed by atoms with van der Waals surface area (Å²) in [5.74, 6) is 0.214. The molecule has 3 N–H and O–H groups in total. The zero-order valence-corrected chi connectivity index (χ0v) is 23.9. The molecule has 4 heterocycles. The molecule has 4 aromatic rings. The average Bonchev–Trinajstić information content (AvgIpc) is 3.45. The van der Waals surface area contributed by atoms with Gasteiger partial charge in [0.05, 0.1) is 28.7 Å². The van der Waals surface area contributed by atoms with E-state index in [0.29, 0.717) is 18.1 Å². The first-order valence-corrected chi connectivity index (χ1v) is 16.0. The largest absolute Gasteiger partial charge is 0.478 e. The zero-order chi connectivity index (χ0) is 28.6. The van der Waals surface area contributed by atoms with Crippen molar-refractivity contribution in [2.75, 3.05) is 18.8 Å². The highest BCUT2D eigenvalue weighted by molar-refractivity contribution is 7.91. The number of hydrogen-bond donors (Lipinski definition) is 3. The molecule has 0 spiro atoms. The Bertz CT molecular complexity index is 1660. The number of aromatic nitrogens is 4. The highest BCUT2D eigenvalue weighted by atomic mass is 32.2. The molecule has 216 valence electrons. The van der Waals surface area contributed by atoms with Crippen molar-refractivity contribution < 1.29 is 23.1 Å². The molecular weight excluding hydrogens is 542 g/mol. The molecule has 1 aromatic carbocycles. The van der Waals surface area contributed by atoms with Crippen LogP contribution >= 0.6 is 0 Å². The number of sulfone groups is 1. The van der Waals surface area contributed by atoms with Crippen molar-refractivity contribution in [1.29, 1.82) is 0 Å². The lowest BCUT2D eigenvalue weighted by Crippen LogP contribution is -2.45. The van der Waals surface area contributed by atoms with Gasteiger partial charge in [-0.15, -0.1) is 0 Å². The lowest BCUT2D eigenvalue weighted by molar-refractivity contribution is 0.0696. The molecule has 2 unspecified atom stereocenters. The monoisotopic (exact) mass is 577 g/mol. The predicted octanol–water partition coefficient (Wildman–Crippen LogP) is 4.61. The van der Waals surface area contributed by atoms with Gasteiger partial charge in [-0.2, -0.15) is 0 Å². The van der Waals surface area contributed by atoms with Crippen LogP contribution in [0.4, 0.5) is 0 Å². The smallest absolute Gasteiger partial charge is 0.335 e. The maximum Gasteiger partial charge on any atom is 0.335 e. The first-order valence-electron chi connectivity index (χ1n) is 14.3. The number of nitrogens with zero attached hydrogens (tertiary/aromatic N) is 3. The Morgan fingerprint density at radius 2 is 1.88 bits per heavy atom. The number of piperidine rings is 1. The Labute approximate surface area is 238 Å². The van der Waals surface area contributed by atoms with Crippen LogP contribution in [0, 0.1) is 18.8 Å². The van der Waals surface area contributed by atoms with E-state index in [1.54, 1.807) is 18.3 Å². The molecule has 1 saturated carbocycles. The number of rotatable bonds is 8. The second-order valence-electron chi connectivity index (χ2n) is 11.4. The Hall–Kier alpha value is -3.57. The Morgan fingerprint density at radius 3 is 2.59 bits per heavy atom. The van der Waals surface area contributed by atoms with Gasteiger partial charge < -0.3 is 20.1 Å². The van der Waals surface area contributed by atoms with Crippen molar-refractivity contribution in [1.82, 2.24) is 25.3 Å². The summed E-state index contributed by atoms with van der Waals surface area (Å²) in [5, 5.41) is 14.6. The number of nitrogens with one attached hydrogen (secondary N) is 2. The van der Waals surface area contributed by atoms with Crippen LogP contribution in [-0.2, 0) is 9.84 Å². The SMILES string of the molecule is Cc1nc(C2CCC(CS(=O)(=O)C(Oc3ccc(C(=O)O)cc3)C3CCCNC3)CC2)c2c(cnc3[nH]ccc32)n1. The number of carboxylic acid groups (broad SMARTS) is 1. The van der Waals surface area contributed by atoms with Crippen LogP contribution < -0.4 is 10.1 Å². The summed E-state index contributed by atoms with van der Waals surface area (Å²) in [6, 6.07) is 7.98. The molecule has 2 aliphatic rings. The van der Waals surface area contributed by atoms with Crippen molar-refractivity contribution >= 4 is 37.7 Å². The number of hydrogen-bond acceptors (Lipinski definition) is 8. The van der Waals surface area contributed by atoms with Crippen LogP contribution in [0.5, 0.6) is 5.75 Å². The second-order valence-corrected chi connectivity index (χ2v) is 13.5. The summed E-state index contributed by atoms with van der Waals surface area (Å²) in [4.78, 5) is 28.4. The molecule has 11 heteroatoms. The minimum atomic E-state index is -3.61. The molecule has 2 fully saturated rings. The van der Waals surface area contributed by atoms with E-state index in [2.05, 4.69) is 20.3 Å². The first-order chi connectivity index (χ1) is 19.8. The molecule has 2 atom stereocenters. The van der Waals surface area contributed by atoms with E-state index in [-0.39, 0.29) is 29.1 Å². The van der Waals surface area contributed by atoms with Gasteiger partial charge >= 0.3 is 5.97 Å². The van der Waals surface area contributed by atoms with Gasteiger partial charge in [0.15, 0.2) is 9.84 Å². The molecule has 0 radical (unpaired) electrons. The molecule has 0 amide bonds. The number of fused-ring (bicyclic) bond motifs is 3. The third-order valence-electron chi connectivity index (χ3n) is 8.52. The van der Waals surface area contributed by atoms with Gasteiger partial charge in [-0.3, -0.25) is 0 Å². The molecule has 1 aliphatic heterocycles. The Balaban J connectivity index is 1.19. The summed E-state index contributed by atoms with van der Waals surface area (Å²) in [6.07, 6.45) is 8.61. The lowest BCUT2D eigenvalue weighted by Gasteiger charge is -2.33. The van der Waals surface area contributed by atoms with E-state index < -0.39 is 21.2 Å². The van der Waals surface area contributed by atoms with Crippen molar-refractivity contribution in [2.24, 2.45) is 11.8 Å². The maximum atomic E-state index is 13.9. The summed E-state index contributed by atoms with van der Waals surface area (Å²) in [6.45, 7) is 3.34. The minimum Gasteiger partial charge on any atom is -0.478 e. The van der Waals surface area contributed by atoms with Crippen LogP contribution in [0.15, 0.2) is 42.7 Å². The average molecular weight is 578 g/mol. The third kappa shape index (κ3) is 5.78. The van der Waals surface area contributed by atoms with Gasteiger partial charge in [-0.25, -0.2) is 28.2 Å². The fourth-order valence-electron chi connectivity index (χ4n) is 6.49. The van der Waals surface area contributed by atoms with Gasteiger partial charge in [0, 0.05) is 35.3 Å². The lowest BCUT2D eigenvalue weighted by atomic mass is 9.80. The van der Waals surface area contributed by atoms with Crippen molar-refractivity contribution in [3.63, 3.8) is 0 Å². The molecule has 6 rings (SSSR count). The number of benzene rings is 1. The number of aromatic carboxylic acids is 1. The van der Waals surface area contributed by atoms with Crippen molar-refractivity contribution in [2.45, 2.75) is 56.8 Å². The fraction of sp³-hybridized carbons (Fsp3) is 0.467. The van der Waals surface area contributed by atoms with E-state index >= 15 is 0 Å². The second kappa shape index (κ2) is 11.4. The van der Waals surface area contributed by atoms with Crippen LogP contribution in [0.2, 0.25) is 0 Å². The molecule has 41 heavy (non-hydrogen) atoms. The normalized spacial score (nSPS) is 22.5. The Kier molecular flexibility index (Phi) is 7.65. The number of aryl methyl sites for hydroxylation is 1. The van der Waals surface area contributed by atoms with Gasteiger partial charge in [0.1, 0.15) is 17.2 Å². The highest BCUT2D eigenvalue weighted by Crippen LogP contribution is 2.40. The molecule has 0 bridgehead atoms. The van der Waals surface area contributed by atoms with E-state index in [9.17, 15) is 18.3 Å². The molecule has 10 nitrogen and oxygen atoms in total.